The molecule has 0 atom stereocenters. The van der Waals surface area contributed by atoms with E-state index in [4.69, 9.17) is 0 Å². The van der Waals surface area contributed by atoms with Gasteiger partial charge in [-0.25, -0.2) is 0 Å². The van der Waals surface area contributed by atoms with Crippen LogP contribution in [-0.2, 0) is 0 Å². The molecular formula is C38H23NS. The fourth-order valence-electron chi connectivity index (χ4n) is 6.67. The molecule has 0 saturated carbocycles. The minimum Gasteiger partial charge on any atom is -0.308 e. The summed E-state index contributed by atoms with van der Waals surface area (Å²) in [5.41, 5.74) is 6.24. The molecule has 2 heteroatoms. The van der Waals surface area contributed by atoms with Gasteiger partial charge in [0.25, 0.3) is 0 Å². The fourth-order valence-corrected chi connectivity index (χ4v) is 7.93. The SMILES string of the molecule is c1ccc(-n2c3ccc(-c4cccc5ccccc45)cc3c3c4ccccc4c4c5ccccc5sc4c32)cc1. The summed E-state index contributed by atoms with van der Waals surface area (Å²) >= 11 is 1.91. The summed E-state index contributed by atoms with van der Waals surface area (Å²) in [6.07, 6.45) is 0. The van der Waals surface area contributed by atoms with Gasteiger partial charge >= 0.3 is 0 Å². The molecule has 2 heterocycles. The number of para-hydroxylation sites is 1. The molecule has 0 saturated heterocycles. The molecule has 0 bridgehead atoms. The van der Waals surface area contributed by atoms with Crippen LogP contribution in [0, 0.1) is 0 Å². The highest BCUT2D eigenvalue weighted by Gasteiger charge is 2.22. The summed E-state index contributed by atoms with van der Waals surface area (Å²) in [6.45, 7) is 0. The average molecular weight is 526 g/mol. The van der Waals surface area contributed by atoms with E-state index in [9.17, 15) is 0 Å². The number of hydrogen-bond acceptors (Lipinski definition) is 1. The summed E-state index contributed by atoms with van der Waals surface area (Å²) in [5, 5.41) is 10.5. The smallest absolute Gasteiger partial charge is 0.0726 e. The summed E-state index contributed by atoms with van der Waals surface area (Å²) in [6, 6.07) is 51.0. The zero-order valence-electron chi connectivity index (χ0n) is 21.6. The van der Waals surface area contributed by atoms with E-state index in [1.165, 1.54) is 80.3 Å². The van der Waals surface area contributed by atoms with Gasteiger partial charge in [0.1, 0.15) is 0 Å². The molecule has 0 aliphatic rings. The maximum Gasteiger partial charge on any atom is 0.0726 e. The number of aromatic nitrogens is 1. The van der Waals surface area contributed by atoms with Gasteiger partial charge in [0.2, 0.25) is 0 Å². The largest absolute Gasteiger partial charge is 0.308 e. The van der Waals surface area contributed by atoms with Gasteiger partial charge in [0, 0.05) is 31.9 Å². The lowest BCUT2D eigenvalue weighted by atomic mass is 9.95. The van der Waals surface area contributed by atoms with Crippen molar-refractivity contribution in [3.63, 3.8) is 0 Å². The Hall–Kier alpha value is -4.92. The standard InChI is InChI=1S/C38H23NS/c1-2-13-26(14-3-1)39-33-22-21-25(28-19-10-12-24-11-4-5-15-27(24)28)23-32(33)35-29-16-6-7-17-30(29)36-31-18-8-9-20-34(31)40-38(36)37(35)39/h1-23H. The van der Waals surface area contributed by atoms with Crippen molar-refractivity contribution < 1.29 is 0 Å². The molecule has 0 fully saturated rings. The van der Waals surface area contributed by atoms with Crippen molar-refractivity contribution in [1.82, 2.24) is 4.57 Å². The molecule has 40 heavy (non-hydrogen) atoms. The topological polar surface area (TPSA) is 4.93 Å². The van der Waals surface area contributed by atoms with Crippen molar-refractivity contribution in [1.29, 1.82) is 0 Å². The van der Waals surface area contributed by atoms with Crippen molar-refractivity contribution in [3.05, 3.63) is 140 Å². The molecule has 9 rings (SSSR count). The first-order valence-electron chi connectivity index (χ1n) is 13.7. The van der Waals surface area contributed by atoms with Crippen LogP contribution in [0.1, 0.15) is 0 Å². The van der Waals surface area contributed by atoms with E-state index in [2.05, 4.69) is 144 Å². The number of rotatable bonds is 2. The minimum absolute atomic E-state index is 1.19. The van der Waals surface area contributed by atoms with Crippen LogP contribution in [0.2, 0.25) is 0 Å². The van der Waals surface area contributed by atoms with E-state index in [-0.39, 0.29) is 0 Å². The van der Waals surface area contributed by atoms with E-state index in [1.54, 1.807) is 0 Å². The Kier molecular flexibility index (Phi) is 4.55. The molecule has 2 aromatic heterocycles. The highest BCUT2D eigenvalue weighted by Crippen LogP contribution is 2.48. The predicted molar refractivity (Wildman–Crippen MR) is 174 cm³/mol. The third-order valence-electron chi connectivity index (χ3n) is 8.36. The summed E-state index contributed by atoms with van der Waals surface area (Å²) in [7, 11) is 0. The first-order valence-corrected chi connectivity index (χ1v) is 14.5. The Morgan fingerprint density at radius 3 is 2.00 bits per heavy atom. The molecule has 0 amide bonds. The first kappa shape index (κ1) is 22.0. The Bertz CT molecular complexity index is 2420. The molecule has 0 radical (unpaired) electrons. The van der Waals surface area contributed by atoms with Crippen molar-refractivity contribution in [2.75, 3.05) is 0 Å². The third-order valence-corrected chi connectivity index (χ3v) is 9.54. The van der Waals surface area contributed by atoms with Gasteiger partial charge in [-0.1, -0.05) is 109 Å². The maximum absolute atomic E-state index is 2.49. The summed E-state index contributed by atoms with van der Waals surface area (Å²) in [5.74, 6) is 0. The van der Waals surface area contributed by atoms with E-state index >= 15 is 0 Å². The van der Waals surface area contributed by atoms with Crippen LogP contribution in [0.5, 0.6) is 0 Å². The average Bonchev–Trinajstić information content (AvgIpc) is 3.58. The number of hydrogen-bond donors (Lipinski definition) is 0. The van der Waals surface area contributed by atoms with Gasteiger partial charge in [-0.05, 0) is 63.0 Å². The second-order valence-electron chi connectivity index (χ2n) is 10.5. The van der Waals surface area contributed by atoms with Gasteiger partial charge < -0.3 is 4.57 Å². The third kappa shape index (κ3) is 2.97. The fraction of sp³-hybridized carbons (Fsp3) is 0. The number of thiophene rings is 1. The van der Waals surface area contributed by atoms with Gasteiger partial charge in [-0.15, -0.1) is 11.3 Å². The quantitative estimate of drug-likeness (QED) is 0.211. The van der Waals surface area contributed by atoms with Gasteiger partial charge in [0.05, 0.1) is 15.7 Å². The second kappa shape index (κ2) is 8.29. The highest BCUT2D eigenvalue weighted by atomic mass is 32.1. The molecule has 9 aromatic rings. The summed E-state index contributed by atoms with van der Waals surface area (Å²) in [4.78, 5) is 0. The maximum atomic E-state index is 2.49. The van der Waals surface area contributed by atoms with Crippen LogP contribution in [0.15, 0.2) is 140 Å². The van der Waals surface area contributed by atoms with Crippen molar-refractivity contribution in [2.24, 2.45) is 0 Å². The van der Waals surface area contributed by atoms with Gasteiger partial charge in [0.15, 0.2) is 0 Å². The van der Waals surface area contributed by atoms with Crippen LogP contribution in [0.3, 0.4) is 0 Å². The van der Waals surface area contributed by atoms with E-state index in [1.807, 2.05) is 11.3 Å². The predicted octanol–water partition coefficient (Wildman–Crippen LogP) is 11.1. The Morgan fingerprint density at radius 2 is 1.15 bits per heavy atom. The molecule has 0 unspecified atom stereocenters. The Balaban J connectivity index is 1.52. The first-order chi connectivity index (χ1) is 19.9. The van der Waals surface area contributed by atoms with Gasteiger partial charge in [-0.2, -0.15) is 0 Å². The van der Waals surface area contributed by atoms with Crippen LogP contribution in [-0.4, -0.2) is 4.57 Å². The van der Waals surface area contributed by atoms with Crippen molar-refractivity contribution in [2.45, 2.75) is 0 Å². The molecule has 186 valence electrons. The highest BCUT2D eigenvalue weighted by molar-refractivity contribution is 7.27. The van der Waals surface area contributed by atoms with E-state index in [0.29, 0.717) is 0 Å². The molecule has 0 N–H and O–H groups in total. The van der Waals surface area contributed by atoms with Crippen molar-refractivity contribution >= 4 is 74.9 Å². The Morgan fingerprint density at radius 1 is 0.475 bits per heavy atom. The van der Waals surface area contributed by atoms with Crippen LogP contribution in [0.4, 0.5) is 0 Å². The van der Waals surface area contributed by atoms with Gasteiger partial charge in [-0.3, -0.25) is 0 Å². The normalized spacial score (nSPS) is 12.0. The second-order valence-corrected chi connectivity index (χ2v) is 11.6. The van der Waals surface area contributed by atoms with E-state index in [0.717, 1.165) is 0 Å². The van der Waals surface area contributed by atoms with Crippen molar-refractivity contribution in [3.8, 4) is 16.8 Å². The number of fused-ring (bicyclic) bond motifs is 11. The molecule has 0 aliphatic heterocycles. The van der Waals surface area contributed by atoms with E-state index < -0.39 is 0 Å². The lowest BCUT2D eigenvalue weighted by Gasteiger charge is -2.10. The van der Waals surface area contributed by atoms with Crippen LogP contribution < -0.4 is 0 Å². The zero-order chi connectivity index (χ0) is 26.2. The lowest BCUT2D eigenvalue weighted by Crippen LogP contribution is -1.93. The number of benzene rings is 7. The van der Waals surface area contributed by atoms with Crippen LogP contribution in [0.25, 0.3) is 80.3 Å². The minimum atomic E-state index is 1.19. The molecule has 0 aliphatic carbocycles. The molecular weight excluding hydrogens is 502 g/mol. The lowest BCUT2D eigenvalue weighted by molar-refractivity contribution is 1.19. The number of nitrogens with zero attached hydrogens (tertiary/aromatic N) is 1. The molecule has 1 nitrogen and oxygen atoms in total. The monoisotopic (exact) mass is 525 g/mol. The molecule has 0 spiro atoms. The Labute approximate surface area is 235 Å². The zero-order valence-corrected chi connectivity index (χ0v) is 22.5. The summed E-state index contributed by atoms with van der Waals surface area (Å²) < 4.78 is 5.17. The molecule has 7 aromatic carbocycles. The van der Waals surface area contributed by atoms with Crippen LogP contribution >= 0.6 is 11.3 Å².